The van der Waals surface area contributed by atoms with Crippen LogP contribution in [0.4, 0.5) is 0 Å². The molecule has 2 aromatic heterocycles. The lowest BCUT2D eigenvalue weighted by atomic mass is 10.1. The van der Waals surface area contributed by atoms with Crippen LogP contribution in [0.3, 0.4) is 0 Å². The molecule has 6 aromatic rings. The Kier molecular flexibility index (Phi) is 3.40. The van der Waals surface area contributed by atoms with Crippen LogP contribution in [0.5, 0.6) is 0 Å². The first-order chi connectivity index (χ1) is 13.9. The van der Waals surface area contributed by atoms with Crippen molar-refractivity contribution in [2.75, 3.05) is 0 Å². The highest BCUT2D eigenvalue weighted by atomic mass is 32.1. The Labute approximate surface area is 167 Å². The molecule has 28 heavy (non-hydrogen) atoms. The number of rotatable bonds is 2. The molecule has 0 N–H and O–H groups in total. The molecule has 0 saturated carbocycles. The van der Waals surface area contributed by atoms with Gasteiger partial charge in [0.1, 0.15) is 0 Å². The molecule has 0 saturated heterocycles. The van der Waals surface area contributed by atoms with E-state index in [1.54, 1.807) is 0 Å². The molecular weight excluding hydrogens is 358 g/mol. The lowest BCUT2D eigenvalue weighted by Crippen LogP contribution is -1.93. The van der Waals surface area contributed by atoms with Crippen molar-refractivity contribution >= 4 is 43.2 Å². The Bertz CT molecular complexity index is 1440. The monoisotopic (exact) mass is 375 g/mol. The molecule has 132 valence electrons. The molecule has 0 aliphatic carbocycles. The minimum absolute atomic E-state index is 1.20. The van der Waals surface area contributed by atoms with E-state index in [2.05, 4.69) is 107 Å². The fraction of sp³-hybridized carbons (Fsp3) is 0. The molecule has 1 nitrogen and oxygen atoms in total. The number of aromatic nitrogens is 1. The summed E-state index contributed by atoms with van der Waals surface area (Å²) >= 11 is 1.83. The molecule has 0 unspecified atom stereocenters. The molecule has 0 spiro atoms. The molecule has 0 aliphatic rings. The average Bonchev–Trinajstić information content (AvgIpc) is 3.36. The largest absolute Gasteiger partial charge is 0.309 e. The van der Waals surface area contributed by atoms with Crippen LogP contribution in [-0.4, -0.2) is 4.57 Å². The van der Waals surface area contributed by atoms with Crippen LogP contribution in [0.1, 0.15) is 0 Å². The van der Waals surface area contributed by atoms with Gasteiger partial charge in [-0.15, -0.1) is 11.3 Å². The van der Waals surface area contributed by atoms with Crippen molar-refractivity contribution in [2.24, 2.45) is 0 Å². The first kappa shape index (κ1) is 15.7. The van der Waals surface area contributed by atoms with E-state index in [-0.39, 0.29) is 0 Å². The van der Waals surface area contributed by atoms with Gasteiger partial charge in [-0.3, -0.25) is 0 Å². The van der Waals surface area contributed by atoms with Crippen molar-refractivity contribution in [3.05, 3.63) is 102 Å². The second-order valence-corrected chi connectivity index (χ2v) is 7.98. The summed E-state index contributed by atoms with van der Waals surface area (Å²) in [5, 5.41) is 6.18. The minimum atomic E-state index is 1.20. The van der Waals surface area contributed by atoms with Gasteiger partial charge in [-0.2, -0.15) is 0 Å². The number of para-hydroxylation sites is 1. The maximum atomic E-state index is 2.39. The highest BCUT2D eigenvalue weighted by Gasteiger charge is 2.15. The standard InChI is InChI=1S/C26H17NS/c1-2-6-18(7-3-1)19-10-13-21(14-11-19)27-23-9-5-4-8-22(23)25-24(27)15-12-20-16-17-28-26(20)25/h1-17H. The van der Waals surface area contributed by atoms with Crippen molar-refractivity contribution in [3.63, 3.8) is 0 Å². The molecular formula is C26H17NS. The van der Waals surface area contributed by atoms with Gasteiger partial charge in [0, 0.05) is 21.2 Å². The van der Waals surface area contributed by atoms with Crippen molar-refractivity contribution in [3.8, 4) is 16.8 Å². The highest BCUT2D eigenvalue weighted by molar-refractivity contribution is 7.18. The zero-order valence-electron chi connectivity index (χ0n) is 15.2. The molecule has 0 amide bonds. The van der Waals surface area contributed by atoms with Gasteiger partial charge in [-0.25, -0.2) is 0 Å². The molecule has 0 fully saturated rings. The van der Waals surface area contributed by atoms with Gasteiger partial charge in [-0.05, 0) is 52.2 Å². The molecule has 2 heteroatoms. The number of hydrogen-bond donors (Lipinski definition) is 0. The zero-order chi connectivity index (χ0) is 18.5. The molecule has 2 heterocycles. The quantitative estimate of drug-likeness (QED) is 0.293. The summed E-state index contributed by atoms with van der Waals surface area (Å²) in [6, 6.07) is 34.9. The second-order valence-electron chi connectivity index (χ2n) is 7.06. The fourth-order valence-electron chi connectivity index (χ4n) is 4.19. The first-order valence-corrected chi connectivity index (χ1v) is 10.3. The van der Waals surface area contributed by atoms with Gasteiger partial charge >= 0.3 is 0 Å². The van der Waals surface area contributed by atoms with Crippen LogP contribution < -0.4 is 0 Å². The maximum absolute atomic E-state index is 2.39. The van der Waals surface area contributed by atoms with Crippen molar-refractivity contribution in [2.45, 2.75) is 0 Å². The normalized spacial score (nSPS) is 11.6. The topological polar surface area (TPSA) is 4.93 Å². The Morgan fingerprint density at radius 2 is 1.32 bits per heavy atom. The summed E-state index contributed by atoms with van der Waals surface area (Å²) in [4.78, 5) is 0. The van der Waals surface area contributed by atoms with Gasteiger partial charge in [0.2, 0.25) is 0 Å². The number of fused-ring (bicyclic) bond motifs is 5. The predicted molar refractivity (Wildman–Crippen MR) is 122 cm³/mol. The lowest BCUT2D eigenvalue weighted by molar-refractivity contribution is 1.18. The van der Waals surface area contributed by atoms with E-state index in [9.17, 15) is 0 Å². The molecule has 0 aliphatic heterocycles. The molecule has 6 rings (SSSR count). The maximum Gasteiger partial charge on any atom is 0.0555 e. The number of hydrogen-bond acceptors (Lipinski definition) is 1. The van der Waals surface area contributed by atoms with E-state index in [4.69, 9.17) is 0 Å². The van der Waals surface area contributed by atoms with Crippen molar-refractivity contribution in [1.82, 2.24) is 4.57 Å². The third kappa shape index (κ3) is 2.25. The van der Waals surface area contributed by atoms with Crippen LogP contribution in [0.25, 0.3) is 48.7 Å². The fourth-order valence-corrected chi connectivity index (χ4v) is 5.15. The molecule has 0 atom stereocenters. The third-order valence-electron chi connectivity index (χ3n) is 5.49. The summed E-state index contributed by atoms with van der Waals surface area (Å²) in [6.07, 6.45) is 0. The van der Waals surface area contributed by atoms with Crippen LogP contribution in [0, 0.1) is 0 Å². The summed E-state index contributed by atoms with van der Waals surface area (Å²) < 4.78 is 3.76. The predicted octanol–water partition coefficient (Wildman–Crippen LogP) is 7.67. The van der Waals surface area contributed by atoms with E-state index in [0.29, 0.717) is 0 Å². The van der Waals surface area contributed by atoms with E-state index >= 15 is 0 Å². The van der Waals surface area contributed by atoms with Crippen LogP contribution in [-0.2, 0) is 0 Å². The van der Waals surface area contributed by atoms with Gasteiger partial charge in [0.05, 0.1) is 11.0 Å². The molecule has 4 aromatic carbocycles. The Morgan fingerprint density at radius 1 is 0.571 bits per heavy atom. The van der Waals surface area contributed by atoms with Crippen molar-refractivity contribution < 1.29 is 0 Å². The van der Waals surface area contributed by atoms with E-state index in [1.165, 1.54) is 48.7 Å². The van der Waals surface area contributed by atoms with Gasteiger partial charge < -0.3 is 4.57 Å². The molecule has 0 radical (unpaired) electrons. The summed E-state index contributed by atoms with van der Waals surface area (Å²) in [7, 11) is 0. The van der Waals surface area contributed by atoms with Crippen LogP contribution in [0.15, 0.2) is 102 Å². The molecule has 0 bridgehead atoms. The lowest BCUT2D eigenvalue weighted by Gasteiger charge is -2.09. The Balaban J connectivity index is 1.63. The summed E-state index contributed by atoms with van der Waals surface area (Å²) in [6.45, 7) is 0. The average molecular weight is 375 g/mol. The van der Waals surface area contributed by atoms with Crippen LogP contribution in [0.2, 0.25) is 0 Å². The summed E-state index contributed by atoms with van der Waals surface area (Å²) in [5.74, 6) is 0. The van der Waals surface area contributed by atoms with Gasteiger partial charge in [0.15, 0.2) is 0 Å². The van der Waals surface area contributed by atoms with Gasteiger partial charge in [-0.1, -0.05) is 66.7 Å². The first-order valence-electron chi connectivity index (χ1n) is 9.45. The zero-order valence-corrected chi connectivity index (χ0v) is 16.0. The second kappa shape index (κ2) is 6.08. The SMILES string of the molecule is c1ccc(-c2ccc(-n3c4ccccc4c4c5sccc5ccc43)cc2)cc1. The smallest absolute Gasteiger partial charge is 0.0555 e. The third-order valence-corrected chi connectivity index (χ3v) is 6.44. The highest BCUT2D eigenvalue weighted by Crippen LogP contribution is 2.38. The van der Waals surface area contributed by atoms with E-state index in [0.717, 1.165) is 0 Å². The Morgan fingerprint density at radius 3 is 2.18 bits per heavy atom. The number of nitrogens with zero attached hydrogens (tertiary/aromatic N) is 1. The summed E-state index contributed by atoms with van der Waals surface area (Å²) in [5.41, 5.74) is 6.21. The van der Waals surface area contributed by atoms with Crippen LogP contribution >= 0.6 is 11.3 Å². The minimum Gasteiger partial charge on any atom is -0.309 e. The van der Waals surface area contributed by atoms with Crippen molar-refractivity contribution in [1.29, 1.82) is 0 Å². The Hall–Kier alpha value is -3.36. The number of benzene rings is 4. The van der Waals surface area contributed by atoms with Gasteiger partial charge in [0.25, 0.3) is 0 Å². The van der Waals surface area contributed by atoms with E-state index in [1.807, 2.05) is 11.3 Å². The van der Waals surface area contributed by atoms with E-state index < -0.39 is 0 Å². The number of thiophene rings is 1.